The Balaban J connectivity index is 2.54. The van der Waals surface area contributed by atoms with Crippen molar-refractivity contribution in [3.05, 3.63) is 11.6 Å². The van der Waals surface area contributed by atoms with Crippen LogP contribution in [0, 0.1) is 0 Å². The van der Waals surface area contributed by atoms with Crippen LogP contribution in [-0.2, 0) is 9.53 Å². The molecule has 16 heavy (non-hydrogen) atoms. The zero-order chi connectivity index (χ0) is 12.2. The predicted octanol–water partition coefficient (Wildman–Crippen LogP) is 2.42. The van der Waals surface area contributed by atoms with E-state index in [0.717, 1.165) is 12.8 Å². The number of carbonyl (C=O) groups excluding carboxylic acids is 1. The molecule has 0 spiro atoms. The lowest BCUT2D eigenvalue weighted by atomic mass is 9.94. The van der Waals surface area contributed by atoms with Gasteiger partial charge in [-0.3, -0.25) is 4.79 Å². The van der Waals surface area contributed by atoms with Gasteiger partial charge in [0.15, 0.2) is 0 Å². The van der Waals surface area contributed by atoms with Crippen molar-refractivity contribution in [1.82, 2.24) is 5.32 Å². The van der Waals surface area contributed by atoms with Crippen LogP contribution in [0.25, 0.3) is 0 Å². The molecule has 0 aromatic heterocycles. The summed E-state index contributed by atoms with van der Waals surface area (Å²) in [6, 6.07) is 0.127. The zero-order valence-electron chi connectivity index (χ0n) is 10.8. The van der Waals surface area contributed by atoms with Gasteiger partial charge in [0.25, 0.3) is 5.91 Å². The predicted molar refractivity (Wildman–Crippen MR) is 65.2 cm³/mol. The Morgan fingerprint density at radius 3 is 2.69 bits per heavy atom. The van der Waals surface area contributed by atoms with E-state index in [-0.39, 0.29) is 11.9 Å². The van der Waals surface area contributed by atoms with Gasteiger partial charge in [-0.15, -0.1) is 0 Å². The highest BCUT2D eigenvalue weighted by molar-refractivity contribution is 5.84. The Kier molecular flexibility index (Phi) is 4.54. The summed E-state index contributed by atoms with van der Waals surface area (Å²) in [4.78, 5) is 11.9. The summed E-state index contributed by atoms with van der Waals surface area (Å²) in [6.45, 7) is 5.61. The van der Waals surface area contributed by atoms with Gasteiger partial charge in [-0.05, 0) is 46.5 Å². The van der Waals surface area contributed by atoms with Crippen molar-refractivity contribution in [2.45, 2.75) is 58.1 Å². The van der Waals surface area contributed by atoms with Gasteiger partial charge in [0, 0.05) is 13.2 Å². The number of hydrogen-bond acceptors (Lipinski definition) is 2. The highest BCUT2D eigenvalue weighted by Crippen LogP contribution is 2.20. The molecular weight excluding hydrogens is 202 g/mol. The maximum absolute atomic E-state index is 11.9. The van der Waals surface area contributed by atoms with Crippen LogP contribution >= 0.6 is 0 Å². The van der Waals surface area contributed by atoms with Gasteiger partial charge in [0.1, 0.15) is 5.60 Å². The molecular formula is C13H23NO2. The molecule has 92 valence electrons. The second-order valence-corrected chi connectivity index (χ2v) is 4.93. The number of hydrogen-bond donors (Lipinski definition) is 1. The Bertz CT molecular complexity index is 282. The molecule has 1 atom stereocenters. The van der Waals surface area contributed by atoms with Crippen molar-refractivity contribution in [1.29, 1.82) is 0 Å². The SMILES string of the molecule is COC(C)(C)C(=O)NC(C)C1=CCCCC1. The van der Waals surface area contributed by atoms with Gasteiger partial charge >= 0.3 is 0 Å². The van der Waals surface area contributed by atoms with Gasteiger partial charge in [-0.2, -0.15) is 0 Å². The molecule has 0 fully saturated rings. The fourth-order valence-electron chi connectivity index (χ4n) is 1.81. The van der Waals surface area contributed by atoms with Crippen LogP contribution in [0.5, 0.6) is 0 Å². The molecule has 1 rings (SSSR count). The van der Waals surface area contributed by atoms with Crippen LogP contribution in [0.2, 0.25) is 0 Å². The molecule has 0 bridgehead atoms. The topological polar surface area (TPSA) is 38.3 Å². The van der Waals surface area contributed by atoms with E-state index in [9.17, 15) is 4.79 Å². The van der Waals surface area contributed by atoms with E-state index in [0.29, 0.717) is 0 Å². The smallest absolute Gasteiger partial charge is 0.252 e. The summed E-state index contributed by atoms with van der Waals surface area (Å²) in [7, 11) is 1.56. The van der Waals surface area contributed by atoms with Gasteiger partial charge < -0.3 is 10.1 Å². The van der Waals surface area contributed by atoms with Crippen molar-refractivity contribution in [2.24, 2.45) is 0 Å². The van der Waals surface area contributed by atoms with Crippen molar-refractivity contribution in [3.8, 4) is 0 Å². The molecule has 0 aromatic rings. The fourth-order valence-corrected chi connectivity index (χ4v) is 1.81. The number of carbonyl (C=O) groups is 1. The molecule has 3 heteroatoms. The molecule has 0 heterocycles. The maximum atomic E-state index is 11.9. The van der Waals surface area contributed by atoms with Gasteiger partial charge in [0.2, 0.25) is 0 Å². The second kappa shape index (κ2) is 5.48. The third kappa shape index (κ3) is 3.34. The standard InChI is InChI=1S/C13H23NO2/c1-10(11-8-6-5-7-9-11)14-12(15)13(2,3)16-4/h8,10H,5-7,9H2,1-4H3,(H,14,15). The van der Waals surface area contributed by atoms with E-state index < -0.39 is 5.60 Å². The van der Waals surface area contributed by atoms with E-state index in [2.05, 4.69) is 11.4 Å². The Hall–Kier alpha value is -0.830. The molecule has 0 radical (unpaired) electrons. The number of nitrogens with one attached hydrogen (secondary N) is 1. The first-order valence-corrected chi connectivity index (χ1v) is 6.02. The van der Waals surface area contributed by atoms with E-state index in [1.807, 2.05) is 6.92 Å². The summed E-state index contributed by atoms with van der Waals surface area (Å²) in [5.41, 5.74) is 0.607. The van der Waals surface area contributed by atoms with E-state index in [1.54, 1.807) is 21.0 Å². The number of rotatable bonds is 4. The lowest BCUT2D eigenvalue weighted by Gasteiger charge is -2.26. The Morgan fingerprint density at radius 2 is 2.19 bits per heavy atom. The van der Waals surface area contributed by atoms with Crippen LogP contribution in [-0.4, -0.2) is 24.7 Å². The van der Waals surface area contributed by atoms with Gasteiger partial charge in [-0.1, -0.05) is 11.6 Å². The normalized spacial score (nSPS) is 18.9. The Labute approximate surface area is 98.2 Å². The fraction of sp³-hybridized carbons (Fsp3) is 0.769. The molecule has 0 aliphatic heterocycles. The van der Waals surface area contributed by atoms with Crippen LogP contribution in [0.1, 0.15) is 46.5 Å². The highest BCUT2D eigenvalue weighted by Gasteiger charge is 2.28. The zero-order valence-corrected chi connectivity index (χ0v) is 10.8. The molecule has 1 amide bonds. The minimum Gasteiger partial charge on any atom is -0.369 e. The molecule has 0 aromatic carbocycles. The average Bonchev–Trinajstić information content (AvgIpc) is 2.30. The molecule has 1 aliphatic carbocycles. The van der Waals surface area contributed by atoms with Crippen LogP contribution in [0.15, 0.2) is 11.6 Å². The first-order valence-electron chi connectivity index (χ1n) is 6.02. The summed E-state index contributed by atoms with van der Waals surface area (Å²) in [5, 5.41) is 3.01. The van der Waals surface area contributed by atoms with Crippen molar-refractivity contribution >= 4 is 5.91 Å². The number of methoxy groups -OCH3 is 1. The van der Waals surface area contributed by atoms with Crippen LogP contribution in [0.4, 0.5) is 0 Å². The minimum atomic E-state index is -0.747. The minimum absolute atomic E-state index is 0.0472. The van der Waals surface area contributed by atoms with Gasteiger partial charge in [-0.25, -0.2) is 0 Å². The van der Waals surface area contributed by atoms with Gasteiger partial charge in [0.05, 0.1) is 0 Å². The van der Waals surface area contributed by atoms with Crippen LogP contribution in [0.3, 0.4) is 0 Å². The number of allylic oxidation sites excluding steroid dienone is 1. The summed E-state index contributed by atoms with van der Waals surface area (Å²) in [5.74, 6) is -0.0472. The molecule has 1 aliphatic rings. The van der Waals surface area contributed by atoms with Crippen molar-refractivity contribution in [3.63, 3.8) is 0 Å². The second-order valence-electron chi connectivity index (χ2n) is 4.93. The highest BCUT2D eigenvalue weighted by atomic mass is 16.5. The first-order chi connectivity index (χ1) is 7.47. The van der Waals surface area contributed by atoms with E-state index >= 15 is 0 Å². The van der Waals surface area contributed by atoms with Crippen molar-refractivity contribution in [2.75, 3.05) is 7.11 Å². The molecule has 3 nitrogen and oxygen atoms in total. The third-order valence-electron chi connectivity index (χ3n) is 3.29. The van der Waals surface area contributed by atoms with E-state index in [1.165, 1.54) is 18.4 Å². The lowest BCUT2D eigenvalue weighted by molar-refractivity contribution is -0.139. The average molecular weight is 225 g/mol. The quantitative estimate of drug-likeness (QED) is 0.746. The van der Waals surface area contributed by atoms with Crippen LogP contribution < -0.4 is 5.32 Å². The third-order valence-corrected chi connectivity index (χ3v) is 3.29. The monoisotopic (exact) mass is 225 g/mol. The summed E-state index contributed by atoms with van der Waals surface area (Å²) in [6.07, 6.45) is 7.01. The van der Waals surface area contributed by atoms with E-state index in [4.69, 9.17) is 4.74 Å². The first kappa shape index (κ1) is 13.2. The lowest BCUT2D eigenvalue weighted by Crippen LogP contribution is -2.47. The summed E-state index contributed by atoms with van der Waals surface area (Å²) >= 11 is 0. The molecule has 1 unspecified atom stereocenters. The number of ether oxygens (including phenoxy) is 1. The molecule has 0 saturated carbocycles. The van der Waals surface area contributed by atoms with Crippen molar-refractivity contribution < 1.29 is 9.53 Å². The maximum Gasteiger partial charge on any atom is 0.252 e. The largest absolute Gasteiger partial charge is 0.369 e. The Morgan fingerprint density at radius 1 is 1.50 bits per heavy atom. The molecule has 0 saturated heterocycles. The molecule has 1 N–H and O–H groups in total. The number of amides is 1. The summed E-state index contributed by atoms with van der Waals surface area (Å²) < 4.78 is 5.16.